The molecule has 0 bridgehead atoms. The predicted molar refractivity (Wildman–Crippen MR) is 68.3 cm³/mol. The first-order chi connectivity index (χ1) is 8.17. The number of carboxylic acids is 1. The summed E-state index contributed by atoms with van der Waals surface area (Å²) in [6.07, 6.45) is 5.06. The molecular formula is C13H15NO4. The van der Waals surface area contributed by atoms with Gasteiger partial charge in [-0.05, 0) is 32.9 Å². The Morgan fingerprint density at radius 3 is 1.94 bits per heavy atom. The molecule has 0 amide bonds. The summed E-state index contributed by atoms with van der Waals surface area (Å²) < 4.78 is 0. The number of aromatic carboxylic acids is 1. The van der Waals surface area contributed by atoms with Gasteiger partial charge in [-0.2, -0.15) is 0 Å². The molecule has 0 spiro atoms. The fraction of sp³-hybridized carbons (Fsp3) is 0.308. The lowest BCUT2D eigenvalue weighted by Crippen LogP contribution is -1.97. The van der Waals surface area contributed by atoms with E-state index >= 15 is 0 Å². The molecule has 1 rings (SSSR count). The van der Waals surface area contributed by atoms with Crippen molar-refractivity contribution in [1.29, 1.82) is 0 Å². The standard InChI is InChI=1S/C7H5NO4.C6H10/c9-7(10)5-1-3-6(4-2-5)8(11)12;1-5-6(2,3)4/h1-4H,(H,9,10);1H,2-4H3. The van der Waals surface area contributed by atoms with E-state index in [1.165, 1.54) is 12.1 Å². The van der Waals surface area contributed by atoms with Crippen molar-refractivity contribution in [1.82, 2.24) is 0 Å². The van der Waals surface area contributed by atoms with Gasteiger partial charge >= 0.3 is 5.97 Å². The number of carboxylic acid groups (broad SMARTS) is 1. The molecule has 0 aliphatic carbocycles. The number of rotatable bonds is 2. The summed E-state index contributed by atoms with van der Waals surface area (Å²) in [5.41, 5.74) is 0.000556. The Bertz CT molecular complexity index is 430. The minimum atomic E-state index is -1.09. The van der Waals surface area contributed by atoms with Crippen molar-refractivity contribution < 1.29 is 14.8 Å². The van der Waals surface area contributed by atoms with E-state index in [4.69, 9.17) is 11.5 Å². The number of nitro groups is 1. The van der Waals surface area contributed by atoms with E-state index in [1.807, 2.05) is 20.8 Å². The van der Waals surface area contributed by atoms with Crippen molar-refractivity contribution >= 4 is 11.7 Å². The fourth-order valence-electron chi connectivity index (χ4n) is 0.726. The molecule has 0 radical (unpaired) electrons. The maximum atomic E-state index is 10.3. The SMILES string of the molecule is C#CC(C)(C)C.O=C(O)c1ccc([N+](=O)[O-])cc1. The molecule has 0 saturated heterocycles. The summed E-state index contributed by atoms with van der Waals surface area (Å²) in [5.74, 6) is 1.51. The topological polar surface area (TPSA) is 80.4 Å². The van der Waals surface area contributed by atoms with Crippen LogP contribution in [-0.2, 0) is 0 Å². The lowest BCUT2D eigenvalue weighted by atomic mass is 9.99. The highest BCUT2D eigenvalue weighted by atomic mass is 16.6. The number of nitrogens with zero attached hydrogens (tertiary/aromatic N) is 1. The molecular weight excluding hydrogens is 234 g/mol. The van der Waals surface area contributed by atoms with E-state index in [0.717, 1.165) is 12.1 Å². The third kappa shape index (κ3) is 6.28. The second-order valence-electron chi connectivity index (χ2n) is 4.50. The van der Waals surface area contributed by atoms with Crippen molar-refractivity contribution in [2.75, 3.05) is 0 Å². The summed E-state index contributed by atoms with van der Waals surface area (Å²) in [7, 11) is 0. The lowest BCUT2D eigenvalue weighted by Gasteiger charge is -2.04. The quantitative estimate of drug-likeness (QED) is 0.496. The van der Waals surface area contributed by atoms with Gasteiger partial charge in [-0.15, -0.1) is 12.3 Å². The first-order valence-corrected chi connectivity index (χ1v) is 5.13. The van der Waals surface area contributed by atoms with E-state index in [2.05, 4.69) is 5.92 Å². The van der Waals surface area contributed by atoms with Crippen molar-refractivity contribution in [3.05, 3.63) is 39.9 Å². The first-order valence-electron chi connectivity index (χ1n) is 5.13. The molecule has 0 aliphatic rings. The number of nitro benzene ring substituents is 1. The van der Waals surface area contributed by atoms with Gasteiger partial charge in [0, 0.05) is 17.5 Å². The zero-order valence-corrected chi connectivity index (χ0v) is 10.5. The van der Waals surface area contributed by atoms with Gasteiger partial charge < -0.3 is 5.11 Å². The van der Waals surface area contributed by atoms with Crippen molar-refractivity contribution in [3.63, 3.8) is 0 Å². The van der Waals surface area contributed by atoms with Crippen LogP contribution in [0.2, 0.25) is 0 Å². The Morgan fingerprint density at radius 1 is 1.33 bits per heavy atom. The van der Waals surface area contributed by atoms with Crippen LogP contribution >= 0.6 is 0 Å². The Balaban J connectivity index is 0.000000411. The number of hydrogen-bond acceptors (Lipinski definition) is 3. The molecule has 5 nitrogen and oxygen atoms in total. The maximum Gasteiger partial charge on any atom is 0.335 e. The summed E-state index contributed by atoms with van der Waals surface area (Å²) in [4.78, 5) is 19.9. The molecule has 1 aromatic rings. The Morgan fingerprint density at radius 2 is 1.72 bits per heavy atom. The van der Waals surface area contributed by atoms with E-state index < -0.39 is 10.9 Å². The molecule has 0 atom stereocenters. The van der Waals surface area contributed by atoms with Gasteiger partial charge in [-0.3, -0.25) is 10.1 Å². The smallest absolute Gasteiger partial charge is 0.335 e. The van der Waals surface area contributed by atoms with E-state index in [9.17, 15) is 14.9 Å². The van der Waals surface area contributed by atoms with Crippen molar-refractivity contribution in [2.24, 2.45) is 5.41 Å². The van der Waals surface area contributed by atoms with Crippen LogP contribution < -0.4 is 0 Å². The third-order valence-corrected chi connectivity index (χ3v) is 1.76. The number of non-ortho nitro benzene ring substituents is 1. The van der Waals surface area contributed by atoms with Crippen molar-refractivity contribution in [3.8, 4) is 12.3 Å². The van der Waals surface area contributed by atoms with Crippen LogP contribution in [0, 0.1) is 27.9 Å². The molecule has 0 aliphatic heterocycles. The second kappa shape index (κ2) is 6.40. The Hall–Kier alpha value is -2.35. The van der Waals surface area contributed by atoms with Crippen molar-refractivity contribution in [2.45, 2.75) is 20.8 Å². The highest BCUT2D eigenvalue weighted by Crippen LogP contribution is 2.11. The molecule has 0 unspecified atom stereocenters. The van der Waals surface area contributed by atoms with Gasteiger partial charge in [-0.1, -0.05) is 0 Å². The molecule has 0 aromatic heterocycles. The van der Waals surface area contributed by atoms with Crippen LogP contribution in [0.25, 0.3) is 0 Å². The van der Waals surface area contributed by atoms with Gasteiger partial charge in [0.2, 0.25) is 0 Å². The zero-order chi connectivity index (χ0) is 14.3. The van der Waals surface area contributed by atoms with Crippen LogP contribution in [0.5, 0.6) is 0 Å². The highest BCUT2D eigenvalue weighted by Gasteiger charge is 2.06. The molecule has 18 heavy (non-hydrogen) atoms. The van der Waals surface area contributed by atoms with Crippen LogP contribution in [0.3, 0.4) is 0 Å². The zero-order valence-electron chi connectivity index (χ0n) is 10.5. The van der Waals surface area contributed by atoms with E-state index in [-0.39, 0.29) is 16.7 Å². The minimum absolute atomic E-state index is 0.0422. The molecule has 0 heterocycles. The highest BCUT2D eigenvalue weighted by molar-refractivity contribution is 5.87. The average molecular weight is 249 g/mol. The minimum Gasteiger partial charge on any atom is -0.478 e. The molecule has 5 heteroatoms. The molecule has 0 fully saturated rings. The summed E-state index contributed by atoms with van der Waals surface area (Å²) in [6, 6.07) is 4.70. The number of carbonyl (C=O) groups is 1. The third-order valence-electron chi connectivity index (χ3n) is 1.76. The van der Waals surface area contributed by atoms with Crippen LogP contribution in [0.1, 0.15) is 31.1 Å². The number of terminal acetylenes is 1. The summed E-state index contributed by atoms with van der Waals surface area (Å²) in [5, 5.41) is 18.6. The fourth-order valence-corrected chi connectivity index (χ4v) is 0.726. The number of hydrogen-bond donors (Lipinski definition) is 1. The summed E-state index contributed by atoms with van der Waals surface area (Å²) in [6.45, 7) is 6.02. The molecule has 0 saturated carbocycles. The van der Waals surface area contributed by atoms with Crippen LogP contribution in [-0.4, -0.2) is 16.0 Å². The second-order valence-corrected chi connectivity index (χ2v) is 4.50. The Kier molecular flexibility index (Phi) is 5.57. The van der Waals surface area contributed by atoms with Gasteiger partial charge in [0.15, 0.2) is 0 Å². The number of benzene rings is 1. The summed E-state index contributed by atoms with van der Waals surface area (Å²) >= 11 is 0. The normalized spacial score (nSPS) is 9.67. The lowest BCUT2D eigenvalue weighted by molar-refractivity contribution is -0.384. The van der Waals surface area contributed by atoms with Gasteiger partial charge in [-0.25, -0.2) is 4.79 Å². The van der Waals surface area contributed by atoms with Gasteiger partial charge in [0.25, 0.3) is 5.69 Å². The van der Waals surface area contributed by atoms with Crippen LogP contribution in [0.4, 0.5) is 5.69 Å². The average Bonchev–Trinajstić information content (AvgIpc) is 2.29. The molecule has 1 aromatic carbocycles. The first kappa shape index (κ1) is 15.7. The monoisotopic (exact) mass is 249 g/mol. The largest absolute Gasteiger partial charge is 0.478 e. The Labute approximate surface area is 106 Å². The van der Waals surface area contributed by atoms with Crippen LogP contribution in [0.15, 0.2) is 24.3 Å². The maximum absolute atomic E-state index is 10.3. The molecule has 1 N–H and O–H groups in total. The van der Waals surface area contributed by atoms with Gasteiger partial charge in [0.05, 0.1) is 10.5 Å². The predicted octanol–water partition coefficient (Wildman–Crippen LogP) is 2.96. The van der Waals surface area contributed by atoms with E-state index in [1.54, 1.807) is 0 Å². The van der Waals surface area contributed by atoms with E-state index in [0.29, 0.717) is 0 Å². The molecule has 96 valence electrons. The van der Waals surface area contributed by atoms with Gasteiger partial charge in [0.1, 0.15) is 0 Å².